The SMILES string of the molecule is Cc1ncc(C[n+]2c([C@H](O)CO)sc(CCOP(=O)(O)OP(=O)(O)O)c2C)c(N)n1. The Morgan fingerprint density at radius 2 is 1.97 bits per heavy atom. The van der Waals surface area contributed by atoms with Gasteiger partial charge in [0.2, 0.25) is 0 Å². The second kappa shape index (κ2) is 9.88. The molecular formula is C14H23N4O9P2S+. The number of anilines is 1. The predicted molar refractivity (Wildman–Crippen MR) is 104 cm³/mol. The van der Waals surface area contributed by atoms with Crippen LogP contribution in [0.2, 0.25) is 0 Å². The fraction of sp³-hybridized carbons (Fsp3) is 0.500. The molecular weight excluding hydrogens is 462 g/mol. The highest BCUT2D eigenvalue weighted by Gasteiger charge is 2.33. The van der Waals surface area contributed by atoms with Crippen LogP contribution < -0.4 is 10.3 Å². The number of aliphatic hydroxyl groups is 2. The van der Waals surface area contributed by atoms with Crippen molar-refractivity contribution in [3.63, 3.8) is 0 Å². The molecule has 7 N–H and O–H groups in total. The molecule has 2 aromatic heterocycles. The van der Waals surface area contributed by atoms with Crippen molar-refractivity contribution >= 4 is 32.8 Å². The summed E-state index contributed by atoms with van der Waals surface area (Å²) >= 11 is 1.14. The van der Waals surface area contributed by atoms with Gasteiger partial charge >= 0.3 is 15.6 Å². The Morgan fingerprint density at radius 1 is 1.30 bits per heavy atom. The van der Waals surface area contributed by atoms with Gasteiger partial charge in [-0.15, -0.1) is 0 Å². The van der Waals surface area contributed by atoms with Crippen molar-refractivity contribution in [2.24, 2.45) is 0 Å². The van der Waals surface area contributed by atoms with Crippen molar-refractivity contribution in [3.8, 4) is 0 Å². The molecule has 16 heteroatoms. The molecule has 0 aliphatic rings. The Balaban J connectivity index is 2.23. The van der Waals surface area contributed by atoms with Crippen LogP contribution in [-0.4, -0.2) is 48.1 Å². The third kappa shape index (κ3) is 6.86. The van der Waals surface area contributed by atoms with Gasteiger partial charge in [-0.2, -0.15) is 8.88 Å². The van der Waals surface area contributed by atoms with Gasteiger partial charge < -0.3 is 30.6 Å². The largest absolute Gasteiger partial charge is 0.481 e. The van der Waals surface area contributed by atoms with Crippen LogP contribution in [-0.2, 0) is 30.9 Å². The summed E-state index contributed by atoms with van der Waals surface area (Å²) in [6, 6.07) is 0. The van der Waals surface area contributed by atoms with Crippen LogP contribution in [0.4, 0.5) is 5.82 Å². The Labute approximate surface area is 175 Å². The third-order valence-electron chi connectivity index (χ3n) is 3.90. The first-order chi connectivity index (χ1) is 13.8. The van der Waals surface area contributed by atoms with Crippen LogP contribution in [0.15, 0.2) is 6.20 Å². The summed E-state index contributed by atoms with van der Waals surface area (Å²) < 4.78 is 32.3. The van der Waals surface area contributed by atoms with Gasteiger partial charge in [-0.05, 0) is 6.92 Å². The molecule has 2 aromatic rings. The molecule has 0 aliphatic heterocycles. The molecule has 2 atom stereocenters. The van der Waals surface area contributed by atoms with Gasteiger partial charge in [0, 0.05) is 19.5 Å². The molecule has 0 fully saturated rings. The van der Waals surface area contributed by atoms with Gasteiger partial charge in [0.1, 0.15) is 11.6 Å². The van der Waals surface area contributed by atoms with E-state index in [1.165, 1.54) is 0 Å². The van der Waals surface area contributed by atoms with E-state index in [1.54, 1.807) is 24.6 Å². The zero-order valence-corrected chi connectivity index (χ0v) is 18.7. The average Bonchev–Trinajstić information content (AvgIpc) is 2.90. The zero-order chi connectivity index (χ0) is 22.7. The number of phosphoric acid groups is 2. The second-order valence-electron chi connectivity index (χ2n) is 6.19. The van der Waals surface area contributed by atoms with E-state index in [2.05, 4.69) is 18.8 Å². The Kier molecular flexibility index (Phi) is 8.22. The van der Waals surface area contributed by atoms with Gasteiger partial charge in [0.15, 0.2) is 18.3 Å². The van der Waals surface area contributed by atoms with Crippen molar-refractivity contribution in [2.45, 2.75) is 32.9 Å². The van der Waals surface area contributed by atoms with Crippen molar-refractivity contribution in [1.82, 2.24) is 9.97 Å². The lowest BCUT2D eigenvalue weighted by Crippen LogP contribution is -2.41. The van der Waals surface area contributed by atoms with Gasteiger partial charge in [-0.25, -0.2) is 19.1 Å². The normalized spacial score (nSPS) is 15.2. The molecule has 0 saturated heterocycles. The number of aryl methyl sites for hydroxylation is 1. The molecule has 30 heavy (non-hydrogen) atoms. The van der Waals surface area contributed by atoms with E-state index in [4.69, 9.17) is 15.5 Å². The van der Waals surface area contributed by atoms with E-state index in [9.17, 15) is 24.2 Å². The quantitative estimate of drug-likeness (QED) is 0.192. The van der Waals surface area contributed by atoms with Gasteiger partial charge in [-0.3, -0.25) is 4.52 Å². The average molecular weight is 485 g/mol. The third-order valence-corrected chi connectivity index (χ3v) is 7.53. The topological polar surface area (TPSA) is 209 Å². The lowest BCUT2D eigenvalue weighted by atomic mass is 10.2. The first-order valence-electron chi connectivity index (χ1n) is 8.46. The molecule has 0 saturated carbocycles. The lowest BCUT2D eigenvalue weighted by molar-refractivity contribution is -0.700. The Bertz CT molecular complexity index is 996. The molecule has 2 heterocycles. The minimum absolute atomic E-state index is 0.0730. The van der Waals surface area contributed by atoms with Crippen LogP contribution >= 0.6 is 27.0 Å². The summed E-state index contributed by atoms with van der Waals surface area (Å²) in [4.78, 5) is 35.4. The second-order valence-corrected chi connectivity index (χ2v) is 10.1. The zero-order valence-electron chi connectivity index (χ0n) is 16.1. The minimum Gasteiger partial charge on any atom is -0.393 e. The number of hydrogen-bond donors (Lipinski definition) is 6. The number of nitrogen functional groups attached to an aromatic ring is 1. The molecule has 0 amide bonds. The highest BCUT2D eigenvalue weighted by Crippen LogP contribution is 2.57. The molecule has 1 unspecified atom stereocenters. The van der Waals surface area contributed by atoms with Crippen LogP contribution in [0.25, 0.3) is 0 Å². The van der Waals surface area contributed by atoms with E-state index >= 15 is 0 Å². The van der Waals surface area contributed by atoms with Crippen LogP contribution in [0.1, 0.15) is 33.1 Å². The number of phosphoric ester groups is 1. The Morgan fingerprint density at radius 3 is 2.53 bits per heavy atom. The fourth-order valence-electron chi connectivity index (χ4n) is 2.54. The molecule has 0 bridgehead atoms. The summed E-state index contributed by atoms with van der Waals surface area (Å²) in [5, 5.41) is 20.0. The standard InChI is InChI=1S/C14H22N4O9P2S/c1-8-12(3-4-26-29(24,25)27-28(21,22)23)30-14(11(20)7-19)18(8)6-10-5-16-9(2)17-13(10)15/h5,11,19-20H,3-4,6-7H2,1-2H3,(H4-,15,16,17,21,22,23,24,25)/p+1/t11-/m1/s1. The molecule has 168 valence electrons. The minimum atomic E-state index is -5.20. The van der Waals surface area contributed by atoms with E-state index in [1.807, 2.05) is 0 Å². The highest BCUT2D eigenvalue weighted by atomic mass is 32.1. The number of nitrogens with zero attached hydrogens (tertiary/aromatic N) is 3. The first-order valence-corrected chi connectivity index (χ1v) is 12.3. The van der Waals surface area contributed by atoms with Gasteiger partial charge in [0.05, 0.1) is 23.7 Å². The first kappa shape index (κ1) is 25.0. The molecule has 0 radical (unpaired) electrons. The maximum absolute atomic E-state index is 11.6. The molecule has 0 aromatic carbocycles. The maximum Gasteiger partial charge on any atom is 0.481 e. The number of nitrogens with two attached hydrogens (primary N) is 1. The number of thiazole rings is 1. The summed E-state index contributed by atoms with van der Waals surface area (Å²) in [5.41, 5.74) is 7.19. The van der Waals surface area contributed by atoms with E-state index in [-0.39, 0.29) is 25.4 Å². The summed E-state index contributed by atoms with van der Waals surface area (Å²) in [6.45, 7) is 2.71. The number of hydrogen-bond acceptors (Lipinski definition) is 10. The summed E-state index contributed by atoms with van der Waals surface area (Å²) in [5.74, 6) is 0.772. The summed E-state index contributed by atoms with van der Waals surface area (Å²) in [6.07, 6.45) is 0.447. The van der Waals surface area contributed by atoms with Crippen molar-refractivity contribution in [3.05, 3.63) is 33.2 Å². The molecule has 2 rings (SSSR count). The lowest BCUT2D eigenvalue weighted by Gasteiger charge is -2.11. The van der Waals surface area contributed by atoms with E-state index in [0.717, 1.165) is 11.3 Å². The fourth-order valence-corrected chi connectivity index (χ4v) is 5.35. The number of aromatic nitrogens is 3. The van der Waals surface area contributed by atoms with Crippen LogP contribution in [0, 0.1) is 13.8 Å². The van der Waals surface area contributed by atoms with Crippen LogP contribution in [0.5, 0.6) is 0 Å². The highest BCUT2D eigenvalue weighted by molar-refractivity contribution is 7.60. The van der Waals surface area contributed by atoms with E-state index < -0.39 is 28.4 Å². The smallest absolute Gasteiger partial charge is 0.393 e. The van der Waals surface area contributed by atoms with Gasteiger partial charge in [-0.1, -0.05) is 11.3 Å². The Hall–Kier alpha value is -1.31. The van der Waals surface area contributed by atoms with Crippen LogP contribution in [0.3, 0.4) is 0 Å². The molecule has 13 nitrogen and oxygen atoms in total. The monoisotopic (exact) mass is 485 g/mol. The number of rotatable bonds is 10. The molecule has 0 aliphatic carbocycles. The maximum atomic E-state index is 11.6. The van der Waals surface area contributed by atoms with Crippen molar-refractivity contribution in [2.75, 3.05) is 18.9 Å². The van der Waals surface area contributed by atoms with Crippen molar-refractivity contribution < 1.29 is 47.4 Å². The number of aliphatic hydroxyl groups excluding tert-OH is 2. The van der Waals surface area contributed by atoms with Gasteiger partial charge in [0.25, 0.3) is 5.01 Å². The van der Waals surface area contributed by atoms with Crippen molar-refractivity contribution in [1.29, 1.82) is 0 Å². The summed E-state index contributed by atoms with van der Waals surface area (Å²) in [7, 11) is -10.2. The molecule has 0 spiro atoms. The van der Waals surface area contributed by atoms with E-state index in [0.29, 0.717) is 27.0 Å². The predicted octanol–water partition coefficient (Wildman–Crippen LogP) is -0.133.